The van der Waals surface area contributed by atoms with Crippen molar-refractivity contribution in [3.05, 3.63) is 58.7 Å². The van der Waals surface area contributed by atoms with Crippen LogP contribution < -0.4 is 10.1 Å². The lowest BCUT2D eigenvalue weighted by molar-refractivity contribution is 0.102. The third-order valence-corrected chi connectivity index (χ3v) is 4.24. The Morgan fingerprint density at radius 3 is 2.46 bits per heavy atom. The minimum absolute atomic E-state index is 0.125. The number of carbonyl (C=O) groups excluding carboxylic acids is 1. The summed E-state index contributed by atoms with van der Waals surface area (Å²) in [4.78, 5) is 12.7. The minimum Gasteiger partial charge on any atom is -0.494 e. The summed E-state index contributed by atoms with van der Waals surface area (Å²) < 4.78 is 11.4. The number of benzene rings is 2. The van der Waals surface area contributed by atoms with E-state index >= 15 is 0 Å². The van der Waals surface area contributed by atoms with Crippen molar-refractivity contribution in [1.82, 2.24) is 0 Å². The van der Waals surface area contributed by atoms with Crippen LogP contribution in [0.4, 0.5) is 5.69 Å². The van der Waals surface area contributed by atoms with Gasteiger partial charge in [0.15, 0.2) is 0 Å². The van der Waals surface area contributed by atoms with Crippen LogP contribution >= 0.6 is 0 Å². The fraction of sp³-hybridized carbons (Fsp3) is 0.409. The number of rotatable bonds is 9. The van der Waals surface area contributed by atoms with E-state index in [0.29, 0.717) is 25.4 Å². The van der Waals surface area contributed by atoms with Crippen molar-refractivity contribution in [3.63, 3.8) is 0 Å². The molecule has 0 saturated heterocycles. The summed E-state index contributed by atoms with van der Waals surface area (Å²) in [5.74, 6) is 0.646. The van der Waals surface area contributed by atoms with Gasteiger partial charge in [0.2, 0.25) is 0 Å². The Hall–Kier alpha value is -2.33. The number of aryl methyl sites for hydroxylation is 2. The fourth-order valence-corrected chi connectivity index (χ4v) is 2.76. The highest BCUT2D eigenvalue weighted by molar-refractivity contribution is 6.05. The van der Waals surface area contributed by atoms with Gasteiger partial charge in [-0.15, -0.1) is 0 Å². The number of para-hydroxylation sites is 1. The van der Waals surface area contributed by atoms with Crippen LogP contribution in [0.2, 0.25) is 0 Å². The van der Waals surface area contributed by atoms with Crippen LogP contribution in [0.15, 0.2) is 36.4 Å². The molecule has 1 amide bonds. The lowest BCUT2D eigenvalue weighted by Gasteiger charge is -2.14. The molecule has 0 aliphatic carbocycles. The molecule has 0 saturated carbocycles. The van der Waals surface area contributed by atoms with Gasteiger partial charge in [0.05, 0.1) is 13.2 Å². The Labute approximate surface area is 156 Å². The predicted octanol–water partition coefficient (Wildman–Crippen LogP) is 5.27. The normalized spacial score (nSPS) is 10.6. The Balaban J connectivity index is 2.18. The summed E-state index contributed by atoms with van der Waals surface area (Å²) in [7, 11) is 0. The number of hydrogen-bond donors (Lipinski definition) is 1. The van der Waals surface area contributed by atoms with Crippen molar-refractivity contribution in [2.45, 2.75) is 47.1 Å². The van der Waals surface area contributed by atoms with E-state index in [4.69, 9.17) is 9.47 Å². The van der Waals surface area contributed by atoms with Gasteiger partial charge in [-0.25, -0.2) is 0 Å². The molecule has 2 aromatic rings. The molecule has 0 aliphatic rings. The smallest absolute Gasteiger partial charge is 0.255 e. The van der Waals surface area contributed by atoms with E-state index in [1.54, 1.807) is 6.07 Å². The predicted molar refractivity (Wildman–Crippen MR) is 106 cm³/mol. The third kappa shape index (κ3) is 5.33. The summed E-state index contributed by atoms with van der Waals surface area (Å²) in [5, 5.41) is 3.03. The van der Waals surface area contributed by atoms with Gasteiger partial charge in [0.1, 0.15) is 5.75 Å². The van der Waals surface area contributed by atoms with E-state index < -0.39 is 0 Å². The van der Waals surface area contributed by atoms with Crippen molar-refractivity contribution >= 4 is 11.6 Å². The number of carbonyl (C=O) groups is 1. The lowest BCUT2D eigenvalue weighted by atomic mass is 10.1. The van der Waals surface area contributed by atoms with Gasteiger partial charge in [0.25, 0.3) is 5.91 Å². The molecule has 0 unspecified atom stereocenters. The Bertz CT molecular complexity index is 720. The van der Waals surface area contributed by atoms with E-state index in [1.807, 2.05) is 51.1 Å². The first-order chi connectivity index (χ1) is 12.6. The van der Waals surface area contributed by atoms with Gasteiger partial charge in [-0.05, 0) is 56.5 Å². The molecule has 4 heteroatoms. The molecule has 0 fully saturated rings. The second-order valence-corrected chi connectivity index (χ2v) is 6.38. The average Bonchev–Trinajstić information content (AvgIpc) is 2.63. The number of ether oxygens (including phenoxy) is 2. The van der Waals surface area contributed by atoms with Crippen molar-refractivity contribution in [2.75, 3.05) is 18.5 Å². The van der Waals surface area contributed by atoms with E-state index in [-0.39, 0.29) is 5.91 Å². The molecule has 0 spiro atoms. The van der Waals surface area contributed by atoms with E-state index in [1.165, 1.54) is 0 Å². The Kier molecular flexibility index (Phi) is 7.67. The Morgan fingerprint density at radius 1 is 1.08 bits per heavy atom. The number of unbranched alkanes of at least 4 members (excludes halogenated alkanes) is 1. The molecule has 0 aliphatic heterocycles. The first-order valence-electron chi connectivity index (χ1n) is 9.27. The van der Waals surface area contributed by atoms with Crippen LogP contribution in [0.5, 0.6) is 5.75 Å². The average molecular weight is 355 g/mol. The van der Waals surface area contributed by atoms with Crippen molar-refractivity contribution < 1.29 is 14.3 Å². The van der Waals surface area contributed by atoms with E-state index in [2.05, 4.69) is 12.2 Å². The van der Waals surface area contributed by atoms with Gasteiger partial charge in [-0.2, -0.15) is 0 Å². The second-order valence-electron chi connectivity index (χ2n) is 6.38. The van der Waals surface area contributed by atoms with Crippen LogP contribution in [-0.2, 0) is 11.3 Å². The largest absolute Gasteiger partial charge is 0.494 e. The topological polar surface area (TPSA) is 47.6 Å². The van der Waals surface area contributed by atoms with Crippen molar-refractivity contribution in [2.24, 2.45) is 0 Å². The first-order valence-corrected chi connectivity index (χ1v) is 9.27. The third-order valence-electron chi connectivity index (χ3n) is 4.24. The molecule has 4 nitrogen and oxygen atoms in total. The van der Waals surface area contributed by atoms with Gasteiger partial charge < -0.3 is 14.8 Å². The molecular formula is C22H29NO3. The van der Waals surface area contributed by atoms with Gasteiger partial charge in [-0.1, -0.05) is 31.5 Å². The quantitative estimate of drug-likeness (QED) is 0.623. The maximum Gasteiger partial charge on any atom is 0.255 e. The number of amides is 1. The zero-order valence-electron chi connectivity index (χ0n) is 16.2. The van der Waals surface area contributed by atoms with Crippen LogP contribution in [0.25, 0.3) is 0 Å². The van der Waals surface area contributed by atoms with Crippen LogP contribution in [0.3, 0.4) is 0 Å². The summed E-state index contributed by atoms with van der Waals surface area (Å²) in [6.45, 7) is 9.80. The number of anilines is 1. The monoisotopic (exact) mass is 355 g/mol. The van der Waals surface area contributed by atoms with Crippen molar-refractivity contribution in [3.8, 4) is 5.75 Å². The summed E-state index contributed by atoms with van der Waals surface area (Å²) >= 11 is 0. The first kappa shape index (κ1) is 20.0. The summed E-state index contributed by atoms with van der Waals surface area (Å²) in [5.41, 5.74) is 4.47. The van der Waals surface area contributed by atoms with Gasteiger partial charge in [-0.3, -0.25) is 4.79 Å². The molecule has 140 valence electrons. The van der Waals surface area contributed by atoms with Crippen LogP contribution in [-0.4, -0.2) is 19.1 Å². The minimum atomic E-state index is -0.125. The molecule has 1 N–H and O–H groups in total. The highest BCUT2D eigenvalue weighted by atomic mass is 16.5. The van der Waals surface area contributed by atoms with E-state index in [9.17, 15) is 4.79 Å². The van der Waals surface area contributed by atoms with E-state index in [0.717, 1.165) is 41.0 Å². The highest BCUT2D eigenvalue weighted by Crippen LogP contribution is 2.24. The van der Waals surface area contributed by atoms with Crippen LogP contribution in [0, 0.1) is 13.8 Å². The maximum atomic E-state index is 12.7. The molecule has 0 atom stereocenters. The second kappa shape index (κ2) is 9.97. The maximum absolute atomic E-state index is 12.7. The molecule has 0 radical (unpaired) electrons. The highest BCUT2D eigenvalue weighted by Gasteiger charge is 2.13. The molecule has 2 rings (SSSR count). The molecule has 0 heterocycles. The zero-order valence-corrected chi connectivity index (χ0v) is 16.2. The Morgan fingerprint density at radius 2 is 1.81 bits per heavy atom. The van der Waals surface area contributed by atoms with Gasteiger partial charge >= 0.3 is 0 Å². The lowest BCUT2D eigenvalue weighted by Crippen LogP contribution is -2.14. The fourth-order valence-electron chi connectivity index (χ4n) is 2.76. The van der Waals surface area contributed by atoms with Crippen molar-refractivity contribution in [1.29, 1.82) is 0 Å². The zero-order chi connectivity index (χ0) is 18.9. The number of nitrogens with one attached hydrogen (secondary N) is 1. The number of hydrogen-bond acceptors (Lipinski definition) is 3. The molecule has 0 aromatic heterocycles. The van der Waals surface area contributed by atoms with Crippen LogP contribution in [0.1, 0.15) is 53.7 Å². The summed E-state index contributed by atoms with van der Waals surface area (Å²) in [6, 6.07) is 11.5. The SMILES string of the molecule is CCCCOCc1cc(C(=O)Nc2c(C)cccc2C)ccc1OCC. The summed E-state index contributed by atoms with van der Waals surface area (Å²) in [6.07, 6.45) is 2.12. The molecule has 0 bridgehead atoms. The van der Waals surface area contributed by atoms with Gasteiger partial charge in [0, 0.05) is 23.4 Å². The molecule has 26 heavy (non-hydrogen) atoms. The molecule has 2 aromatic carbocycles. The standard InChI is InChI=1S/C22H29NO3/c1-5-7-13-25-15-19-14-18(11-12-20(19)26-6-2)22(24)23-21-16(3)9-8-10-17(21)4/h8-12,14H,5-7,13,15H2,1-4H3,(H,23,24). The molecular weight excluding hydrogens is 326 g/mol.